The molecule has 2 rings (SSSR count). The van der Waals surface area contributed by atoms with Crippen molar-refractivity contribution in [1.29, 1.82) is 0 Å². The molecule has 154 valence electrons. The summed E-state index contributed by atoms with van der Waals surface area (Å²) in [7, 11) is 0. The van der Waals surface area contributed by atoms with Gasteiger partial charge in [0.1, 0.15) is 11.9 Å². The van der Waals surface area contributed by atoms with E-state index in [4.69, 9.17) is 16.3 Å². The maximum absolute atomic E-state index is 13.7. The van der Waals surface area contributed by atoms with Crippen LogP contribution in [0.1, 0.15) is 19.4 Å². The lowest BCUT2D eigenvalue weighted by Gasteiger charge is -2.20. The first-order valence-electron chi connectivity index (χ1n) is 9.01. The Morgan fingerprint density at radius 2 is 1.76 bits per heavy atom. The molecule has 0 saturated carbocycles. The molecule has 0 heterocycles. The van der Waals surface area contributed by atoms with Crippen molar-refractivity contribution in [2.45, 2.75) is 26.3 Å². The number of benzene rings is 2. The number of halogens is 2. The van der Waals surface area contributed by atoms with Gasteiger partial charge in [-0.3, -0.25) is 9.59 Å². The van der Waals surface area contributed by atoms with E-state index in [9.17, 15) is 18.8 Å². The van der Waals surface area contributed by atoms with E-state index < -0.39 is 30.3 Å². The molecule has 2 amide bonds. The predicted molar refractivity (Wildman–Crippen MR) is 108 cm³/mol. The highest BCUT2D eigenvalue weighted by atomic mass is 35.5. The van der Waals surface area contributed by atoms with E-state index in [1.165, 1.54) is 12.1 Å². The van der Waals surface area contributed by atoms with Crippen LogP contribution >= 0.6 is 11.6 Å². The molecule has 2 aromatic rings. The van der Waals surface area contributed by atoms with Crippen LogP contribution in [-0.4, -0.2) is 30.4 Å². The Morgan fingerprint density at radius 1 is 1.07 bits per heavy atom. The minimum absolute atomic E-state index is 0.0768. The van der Waals surface area contributed by atoms with Crippen LogP contribution in [-0.2, 0) is 25.5 Å². The number of hydrogen-bond acceptors (Lipinski definition) is 4. The van der Waals surface area contributed by atoms with Crippen molar-refractivity contribution in [3.8, 4) is 0 Å². The van der Waals surface area contributed by atoms with Gasteiger partial charge in [-0.1, -0.05) is 55.8 Å². The molecule has 2 aromatic carbocycles. The van der Waals surface area contributed by atoms with Gasteiger partial charge >= 0.3 is 5.97 Å². The molecule has 0 spiro atoms. The summed E-state index contributed by atoms with van der Waals surface area (Å²) in [4.78, 5) is 36.5. The van der Waals surface area contributed by atoms with Gasteiger partial charge in [-0.25, -0.2) is 9.18 Å². The van der Waals surface area contributed by atoms with E-state index in [0.29, 0.717) is 0 Å². The first kappa shape index (κ1) is 22.4. The van der Waals surface area contributed by atoms with Crippen molar-refractivity contribution in [3.63, 3.8) is 0 Å². The second kappa shape index (κ2) is 10.6. The molecular formula is C21H22ClFN2O4. The molecule has 0 aliphatic carbocycles. The Morgan fingerprint density at radius 3 is 2.38 bits per heavy atom. The molecule has 2 N–H and O–H groups in total. The maximum Gasteiger partial charge on any atom is 0.329 e. The molecule has 29 heavy (non-hydrogen) atoms. The fourth-order valence-corrected chi connectivity index (χ4v) is 2.67. The Hall–Kier alpha value is -2.93. The summed E-state index contributed by atoms with van der Waals surface area (Å²) in [5.41, 5.74) is 0.734. The van der Waals surface area contributed by atoms with Gasteiger partial charge < -0.3 is 15.4 Å². The number of nitrogens with one attached hydrogen (secondary N) is 2. The van der Waals surface area contributed by atoms with Gasteiger partial charge in [0.05, 0.1) is 12.1 Å². The van der Waals surface area contributed by atoms with Crippen molar-refractivity contribution in [2.24, 2.45) is 5.92 Å². The maximum atomic E-state index is 13.7. The van der Waals surface area contributed by atoms with E-state index >= 15 is 0 Å². The normalized spacial score (nSPS) is 11.6. The van der Waals surface area contributed by atoms with E-state index in [1.54, 1.807) is 13.8 Å². The Labute approximate surface area is 173 Å². The lowest BCUT2D eigenvalue weighted by Crippen LogP contribution is -2.46. The molecule has 0 saturated heterocycles. The monoisotopic (exact) mass is 420 g/mol. The van der Waals surface area contributed by atoms with Crippen molar-refractivity contribution in [3.05, 3.63) is 64.9 Å². The van der Waals surface area contributed by atoms with Crippen molar-refractivity contribution in [1.82, 2.24) is 5.32 Å². The lowest BCUT2D eigenvalue weighted by atomic mass is 10.0. The number of esters is 1. The summed E-state index contributed by atoms with van der Waals surface area (Å²) >= 11 is 5.66. The van der Waals surface area contributed by atoms with Crippen LogP contribution in [0.5, 0.6) is 0 Å². The molecule has 6 nitrogen and oxygen atoms in total. The number of anilines is 1. The van der Waals surface area contributed by atoms with E-state index in [1.807, 2.05) is 30.3 Å². The topological polar surface area (TPSA) is 84.5 Å². The van der Waals surface area contributed by atoms with Gasteiger partial charge in [-0.05, 0) is 29.7 Å². The minimum atomic E-state index is -0.911. The van der Waals surface area contributed by atoms with Gasteiger partial charge in [-0.15, -0.1) is 0 Å². The number of rotatable bonds is 8. The fraction of sp³-hybridized carbons (Fsp3) is 0.286. The van der Waals surface area contributed by atoms with Crippen molar-refractivity contribution < 1.29 is 23.5 Å². The Balaban J connectivity index is 1.88. The zero-order chi connectivity index (χ0) is 21.4. The number of hydrogen-bond donors (Lipinski definition) is 2. The molecule has 0 unspecified atom stereocenters. The summed E-state index contributed by atoms with van der Waals surface area (Å²) in [5.74, 6) is -2.74. The zero-order valence-electron chi connectivity index (χ0n) is 16.1. The Kier molecular flexibility index (Phi) is 8.15. The van der Waals surface area contributed by atoms with Crippen LogP contribution in [0.25, 0.3) is 0 Å². The molecule has 0 bridgehead atoms. The summed E-state index contributed by atoms with van der Waals surface area (Å²) in [6.45, 7) is 2.88. The average Bonchev–Trinajstić information content (AvgIpc) is 2.67. The Bertz CT molecular complexity index is 874. The van der Waals surface area contributed by atoms with E-state index in [0.717, 1.165) is 11.6 Å². The van der Waals surface area contributed by atoms with E-state index in [-0.39, 0.29) is 29.0 Å². The first-order valence-corrected chi connectivity index (χ1v) is 9.39. The zero-order valence-corrected chi connectivity index (χ0v) is 16.8. The predicted octanol–water partition coefficient (Wildman–Crippen LogP) is 3.34. The standard InChI is InChI=1S/C21H22ClFN2O4/c1-13(2)20(25-18(26)10-14-6-4-3-5-7-14)21(28)29-12-19(27)24-17-9-8-15(22)11-16(17)23/h3-9,11,13,20H,10,12H2,1-2H3,(H,24,27)(H,25,26)/t20-/m0/s1. The molecule has 1 atom stereocenters. The second-order valence-electron chi connectivity index (χ2n) is 6.73. The fourth-order valence-electron chi connectivity index (χ4n) is 2.51. The van der Waals surface area contributed by atoms with Gasteiger partial charge in [0.25, 0.3) is 5.91 Å². The van der Waals surface area contributed by atoms with Crippen LogP contribution in [0.15, 0.2) is 48.5 Å². The van der Waals surface area contributed by atoms with Crippen LogP contribution in [0.2, 0.25) is 5.02 Å². The van der Waals surface area contributed by atoms with Crippen molar-refractivity contribution >= 4 is 35.1 Å². The second-order valence-corrected chi connectivity index (χ2v) is 7.17. The first-order chi connectivity index (χ1) is 13.8. The third kappa shape index (κ3) is 7.19. The largest absolute Gasteiger partial charge is 0.454 e. The molecule has 0 fully saturated rings. The number of amides is 2. The smallest absolute Gasteiger partial charge is 0.329 e. The van der Waals surface area contributed by atoms with Gasteiger partial charge in [0.2, 0.25) is 5.91 Å². The molecule has 8 heteroatoms. The van der Waals surface area contributed by atoms with Gasteiger partial charge in [-0.2, -0.15) is 0 Å². The SMILES string of the molecule is CC(C)[C@H](NC(=O)Cc1ccccc1)C(=O)OCC(=O)Nc1ccc(Cl)cc1F. The van der Waals surface area contributed by atoms with Gasteiger partial charge in [0.15, 0.2) is 6.61 Å². The highest BCUT2D eigenvalue weighted by molar-refractivity contribution is 6.30. The lowest BCUT2D eigenvalue weighted by molar-refractivity contribution is -0.151. The molecule has 0 aliphatic heterocycles. The summed E-state index contributed by atoms with van der Waals surface area (Å²) in [6, 6.07) is 12.0. The van der Waals surface area contributed by atoms with Crippen molar-refractivity contribution in [2.75, 3.05) is 11.9 Å². The van der Waals surface area contributed by atoms with Gasteiger partial charge in [0, 0.05) is 5.02 Å². The highest BCUT2D eigenvalue weighted by Crippen LogP contribution is 2.18. The number of carbonyl (C=O) groups is 3. The van der Waals surface area contributed by atoms with Crippen LogP contribution < -0.4 is 10.6 Å². The third-order valence-electron chi connectivity index (χ3n) is 4.00. The average molecular weight is 421 g/mol. The summed E-state index contributed by atoms with van der Waals surface area (Å²) < 4.78 is 18.7. The third-order valence-corrected chi connectivity index (χ3v) is 4.23. The van der Waals surface area contributed by atoms with Crippen LogP contribution in [0, 0.1) is 11.7 Å². The summed E-state index contributed by atoms with van der Waals surface area (Å²) in [6.07, 6.45) is 0.119. The highest BCUT2D eigenvalue weighted by Gasteiger charge is 2.26. The summed E-state index contributed by atoms with van der Waals surface area (Å²) in [5, 5.41) is 5.12. The molecular weight excluding hydrogens is 399 g/mol. The quantitative estimate of drug-likeness (QED) is 0.641. The van der Waals surface area contributed by atoms with E-state index in [2.05, 4.69) is 10.6 Å². The molecule has 0 radical (unpaired) electrons. The molecule has 0 aromatic heterocycles. The number of carbonyl (C=O) groups excluding carboxylic acids is 3. The van der Waals surface area contributed by atoms with Crippen LogP contribution in [0.4, 0.5) is 10.1 Å². The van der Waals surface area contributed by atoms with Crippen LogP contribution in [0.3, 0.4) is 0 Å². The minimum Gasteiger partial charge on any atom is -0.454 e. The number of ether oxygens (including phenoxy) is 1. The molecule has 0 aliphatic rings.